The second-order valence-electron chi connectivity index (χ2n) is 3.16. The van der Waals surface area contributed by atoms with Crippen molar-refractivity contribution in [3.8, 4) is 17.2 Å². The van der Waals surface area contributed by atoms with Crippen molar-refractivity contribution in [2.75, 3.05) is 20.7 Å². The van der Waals surface area contributed by atoms with Crippen LogP contribution in [0.5, 0.6) is 17.2 Å². The number of methoxy groups -OCH3 is 2. The molecule has 0 fully saturated rings. The van der Waals surface area contributed by atoms with E-state index in [-0.39, 0.29) is 12.2 Å². The number of aromatic hydroxyl groups is 1. The van der Waals surface area contributed by atoms with Gasteiger partial charge in [0.25, 0.3) is 0 Å². The van der Waals surface area contributed by atoms with Gasteiger partial charge in [-0.05, 0) is 30.7 Å². The molecule has 0 aliphatic rings. The molecule has 5 heteroatoms. The Morgan fingerprint density at radius 3 is 2.50 bits per heavy atom. The number of ether oxygens (including phenoxy) is 3. The minimum absolute atomic E-state index is 0.166. The van der Waals surface area contributed by atoms with E-state index in [1.165, 1.54) is 6.08 Å². The molecule has 0 bridgehead atoms. The summed E-state index contributed by atoms with van der Waals surface area (Å²) in [6.45, 7) is 1.79. The van der Waals surface area contributed by atoms with Crippen molar-refractivity contribution in [3.63, 3.8) is 0 Å². The Morgan fingerprint density at radius 1 is 1.39 bits per heavy atom. The fraction of sp³-hybridized carbons (Fsp3) is 0.308. The van der Waals surface area contributed by atoms with E-state index >= 15 is 0 Å². The van der Waals surface area contributed by atoms with Crippen LogP contribution in [0.4, 0.5) is 0 Å². The zero-order valence-electron chi connectivity index (χ0n) is 15.6. The van der Waals surface area contributed by atoms with Crippen LogP contribution in [0.3, 0.4) is 0 Å². The van der Waals surface area contributed by atoms with Crippen molar-refractivity contribution in [1.29, 1.82) is 0 Å². The molecule has 98 valence electrons. The van der Waals surface area contributed by atoms with Crippen molar-refractivity contribution >= 4 is 12.0 Å². The molecule has 18 heavy (non-hydrogen) atoms. The van der Waals surface area contributed by atoms with Crippen LogP contribution in [0, 0.1) is 0 Å². The van der Waals surface area contributed by atoms with Crippen LogP contribution in [0.2, 0.25) is 0 Å². The van der Waals surface area contributed by atoms with Crippen molar-refractivity contribution in [1.82, 2.24) is 0 Å². The molecular formula is C13H16O5. The number of carbonyl (C=O) groups excluding carboxylic acids is 1. The van der Waals surface area contributed by atoms with Gasteiger partial charge in [-0.1, -0.05) is 0 Å². The monoisotopic (exact) mass is 258 g/mol. The first-order chi connectivity index (χ1) is 10.9. The van der Waals surface area contributed by atoms with Gasteiger partial charge in [-0.2, -0.15) is 0 Å². The smallest absolute Gasteiger partial charge is 0.330 e. The maximum absolute atomic E-state index is 11.3. The maximum Gasteiger partial charge on any atom is 0.330 e. The zero-order valence-corrected chi connectivity index (χ0v) is 9.60. The zero-order chi connectivity index (χ0) is 18.5. The highest BCUT2D eigenvalue weighted by Crippen LogP contribution is 2.37. The molecule has 0 amide bonds. The Bertz CT molecular complexity index is 583. The molecule has 0 aliphatic heterocycles. The predicted molar refractivity (Wildman–Crippen MR) is 66.9 cm³/mol. The number of rotatable bonds is 5. The summed E-state index contributed by atoms with van der Waals surface area (Å²) < 4.78 is 56.3. The highest BCUT2D eigenvalue weighted by atomic mass is 16.5. The lowest BCUT2D eigenvalue weighted by molar-refractivity contribution is -0.137. The Morgan fingerprint density at radius 2 is 2.00 bits per heavy atom. The quantitative estimate of drug-likeness (QED) is 0.646. The third-order valence-electron chi connectivity index (χ3n) is 1.98. The van der Waals surface area contributed by atoms with Gasteiger partial charge in [0.2, 0.25) is 5.75 Å². The summed E-state index contributed by atoms with van der Waals surface area (Å²) in [4.78, 5) is 11.3. The second kappa shape index (κ2) is 6.54. The number of phenolic OH excluding ortho intramolecular Hbond substituents is 1. The average molecular weight is 258 g/mol. The Hall–Kier alpha value is -2.17. The van der Waals surface area contributed by atoms with Crippen LogP contribution in [0.1, 0.15) is 20.7 Å². The van der Waals surface area contributed by atoms with Crippen LogP contribution >= 0.6 is 0 Å². The number of benzene rings is 1. The molecule has 0 saturated heterocycles. The van der Waals surface area contributed by atoms with Crippen LogP contribution in [-0.4, -0.2) is 31.8 Å². The molecule has 0 unspecified atom stereocenters. The van der Waals surface area contributed by atoms with E-state index in [1.54, 1.807) is 6.92 Å². The third kappa shape index (κ3) is 3.41. The van der Waals surface area contributed by atoms with E-state index in [4.69, 9.17) is 13.0 Å². The van der Waals surface area contributed by atoms with Crippen LogP contribution in [-0.2, 0) is 9.53 Å². The van der Waals surface area contributed by atoms with E-state index < -0.39 is 37.3 Å². The fourth-order valence-electron chi connectivity index (χ4n) is 1.21. The first kappa shape index (κ1) is 7.31. The molecule has 0 heterocycles. The first-order valence-electron chi connectivity index (χ1n) is 8.01. The van der Waals surface area contributed by atoms with E-state index in [9.17, 15) is 9.90 Å². The summed E-state index contributed by atoms with van der Waals surface area (Å²) in [6, 6.07) is 2.23. The van der Waals surface area contributed by atoms with Crippen LogP contribution < -0.4 is 9.47 Å². The molecule has 1 N–H and O–H groups in total. The van der Waals surface area contributed by atoms with E-state index in [1.807, 2.05) is 0 Å². The summed E-state index contributed by atoms with van der Waals surface area (Å²) >= 11 is 0. The van der Waals surface area contributed by atoms with Gasteiger partial charge in [0.1, 0.15) is 0 Å². The highest BCUT2D eigenvalue weighted by molar-refractivity contribution is 5.87. The minimum atomic E-state index is -2.88. The van der Waals surface area contributed by atoms with Gasteiger partial charge in [-0.25, -0.2) is 4.79 Å². The molecule has 0 spiro atoms. The van der Waals surface area contributed by atoms with Gasteiger partial charge < -0.3 is 19.3 Å². The van der Waals surface area contributed by atoms with Crippen LogP contribution in [0.15, 0.2) is 18.2 Å². The molecular weight excluding hydrogens is 236 g/mol. The topological polar surface area (TPSA) is 65.0 Å². The van der Waals surface area contributed by atoms with Gasteiger partial charge in [-0.15, -0.1) is 0 Å². The molecule has 0 radical (unpaired) electrons. The second-order valence-corrected chi connectivity index (χ2v) is 3.16. The van der Waals surface area contributed by atoms with Gasteiger partial charge >= 0.3 is 5.97 Å². The number of esters is 1. The number of hydrogen-bond donors (Lipinski definition) is 1. The summed E-state index contributed by atoms with van der Waals surface area (Å²) in [5.41, 5.74) is 0.166. The molecule has 0 saturated carbocycles. The standard InChI is InChI=1S/C13H16O5/c1-4-18-12(14)6-5-9-7-10(16-2)13(15)11(8-9)17-3/h5-8,15H,4H2,1-3H3/b6-5+/i2D3,3D3. The SMILES string of the molecule is [2H]C([2H])([2H])Oc1cc(/C=C/C(=O)OCC)cc(OC([2H])([2H])[2H])c1O. The molecule has 5 nitrogen and oxygen atoms in total. The summed E-state index contributed by atoms with van der Waals surface area (Å²) in [6.07, 6.45) is 2.28. The van der Waals surface area contributed by atoms with Gasteiger partial charge in [0.05, 0.1) is 28.9 Å². The molecule has 0 aliphatic carbocycles. The number of hydrogen-bond acceptors (Lipinski definition) is 5. The minimum Gasteiger partial charge on any atom is -0.502 e. The maximum atomic E-state index is 11.3. The van der Waals surface area contributed by atoms with Crippen molar-refractivity contribution in [3.05, 3.63) is 23.8 Å². The van der Waals surface area contributed by atoms with Crippen LogP contribution in [0.25, 0.3) is 6.08 Å². The van der Waals surface area contributed by atoms with E-state index in [0.29, 0.717) is 0 Å². The van der Waals surface area contributed by atoms with E-state index in [2.05, 4.69) is 9.47 Å². The molecule has 0 atom stereocenters. The third-order valence-corrected chi connectivity index (χ3v) is 1.98. The number of carbonyl (C=O) groups is 1. The number of phenols is 1. The Balaban J connectivity index is 3.26. The van der Waals surface area contributed by atoms with E-state index in [0.717, 1.165) is 18.2 Å². The van der Waals surface area contributed by atoms with Crippen molar-refractivity contribution < 1.29 is 32.3 Å². The predicted octanol–water partition coefficient (Wildman–Crippen LogP) is 1.99. The summed E-state index contributed by atoms with van der Waals surface area (Å²) in [7, 11) is -5.75. The fourth-order valence-corrected chi connectivity index (χ4v) is 1.21. The van der Waals surface area contributed by atoms with Gasteiger partial charge in [-0.3, -0.25) is 0 Å². The van der Waals surface area contributed by atoms with Gasteiger partial charge in [0.15, 0.2) is 11.5 Å². The highest BCUT2D eigenvalue weighted by Gasteiger charge is 2.10. The normalized spacial score (nSPS) is 16.7. The Kier molecular flexibility index (Phi) is 2.65. The van der Waals surface area contributed by atoms with Crippen molar-refractivity contribution in [2.45, 2.75) is 6.92 Å². The van der Waals surface area contributed by atoms with Gasteiger partial charge in [0, 0.05) is 6.08 Å². The average Bonchev–Trinajstić information content (AvgIpc) is 2.38. The lowest BCUT2D eigenvalue weighted by Crippen LogP contribution is -1.98. The molecule has 1 aromatic carbocycles. The largest absolute Gasteiger partial charge is 0.502 e. The summed E-state index contributed by atoms with van der Waals surface area (Å²) in [5.74, 6) is -2.46. The Labute approximate surface area is 114 Å². The summed E-state index contributed by atoms with van der Waals surface area (Å²) in [5, 5.41) is 9.94. The molecule has 1 aromatic rings. The lowest BCUT2D eigenvalue weighted by atomic mass is 10.1. The first-order valence-corrected chi connectivity index (χ1v) is 5.01. The molecule has 0 aromatic heterocycles. The molecule has 1 rings (SSSR count). The van der Waals surface area contributed by atoms with Crippen molar-refractivity contribution in [2.24, 2.45) is 0 Å². The lowest BCUT2D eigenvalue weighted by Gasteiger charge is -2.09.